The Hall–Kier alpha value is -2.09. The molecule has 1 saturated heterocycles. The minimum absolute atomic E-state index is 0.0995. The van der Waals surface area contributed by atoms with Gasteiger partial charge in [-0.1, -0.05) is 24.3 Å². The molecular formula is C24H31F2NO4. The first-order valence-electron chi connectivity index (χ1n) is 10.7. The van der Waals surface area contributed by atoms with Crippen LogP contribution in [0.15, 0.2) is 42.5 Å². The molecule has 0 aromatic heterocycles. The van der Waals surface area contributed by atoms with Gasteiger partial charge in [0, 0.05) is 6.54 Å². The molecule has 1 aromatic rings. The second kappa shape index (κ2) is 9.59. The van der Waals surface area contributed by atoms with Crippen molar-refractivity contribution in [2.75, 3.05) is 26.2 Å². The molecular weight excluding hydrogens is 404 g/mol. The Morgan fingerprint density at radius 3 is 2.61 bits per heavy atom. The molecule has 0 amide bonds. The van der Waals surface area contributed by atoms with Crippen molar-refractivity contribution in [3.8, 4) is 0 Å². The number of carboxylic acids is 1. The van der Waals surface area contributed by atoms with Crippen LogP contribution >= 0.6 is 0 Å². The van der Waals surface area contributed by atoms with Crippen molar-refractivity contribution in [2.24, 2.45) is 5.92 Å². The normalized spacial score (nSPS) is 25.5. The number of rotatable bonds is 8. The number of aliphatic hydroxyl groups excluding tert-OH is 1. The number of halogens is 2. The van der Waals surface area contributed by atoms with Crippen LogP contribution in [0.3, 0.4) is 0 Å². The minimum atomic E-state index is -2.06. The Labute approximate surface area is 182 Å². The molecule has 5 nitrogen and oxygen atoms in total. The summed E-state index contributed by atoms with van der Waals surface area (Å²) >= 11 is 0. The van der Waals surface area contributed by atoms with Crippen LogP contribution in [-0.2, 0) is 16.1 Å². The van der Waals surface area contributed by atoms with Crippen molar-refractivity contribution in [2.45, 2.75) is 50.7 Å². The predicted octanol–water partition coefficient (Wildman–Crippen LogP) is 3.77. The summed E-state index contributed by atoms with van der Waals surface area (Å²) in [7, 11) is 0. The first-order chi connectivity index (χ1) is 14.6. The zero-order chi connectivity index (χ0) is 22.6. The van der Waals surface area contributed by atoms with E-state index in [4.69, 9.17) is 4.74 Å². The Morgan fingerprint density at radius 2 is 2.03 bits per heavy atom. The molecule has 1 heterocycles. The van der Waals surface area contributed by atoms with Gasteiger partial charge in [0.05, 0.1) is 13.2 Å². The molecule has 1 fully saturated rings. The van der Waals surface area contributed by atoms with Gasteiger partial charge in [-0.05, 0) is 80.6 Å². The maximum absolute atomic E-state index is 15.1. The van der Waals surface area contributed by atoms with Crippen LogP contribution in [0.25, 0.3) is 5.57 Å². The van der Waals surface area contributed by atoms with Gasteiger partial charge in [-0.25, -0.2) is 13.6 Å². The van der Waals surface area contributed by atoms with Crippen molar-refractivity contribution >= 4 is 11.5 Å². The average molecular weight is 436 g/mol. The highest BCUT2D eigenvalue weighted by Gasteiger charge is 2.47. The summed E-state index contributed by atoms with van der Waals surface area (Å²) in [6, 6.07) is 7.04. The Bertz CT molecular complexity index is 840. The third-order valence-electron chi connectivity index (χ3n) is 5.89. The number of carbonyl (C=O) groups is 1. The molecule has 0 spiro atoms. The number of aliphatic carboxylic acids is 1. The van der Waals surface area contributed by atoms with E-state index < -0.39 is 23.4 Å². The third-order valence-corrected chi connectivity index (χ3v) is 5.89. The van der Waals surface area contributed by atoms with Gasteiger partial charge in [0.15, 0.2) is 6.17 Å². The Morgan fingerprint density at radius 1 is 1.32 bits per heavy atom. The van der Waals surface area contributed by atoms with Gasteiger partial charge in [-0.3, -0.25) is 0 Å². The molecule has 1 aliphatic heterocycles. The van der Waals surface area contributed by atoms with Crippen LogP contribution in [0, 0.1) is 5.92 Å². The van der Waals surface area contributed by atoms with E-state index in [2.05, 4.69) is 4.90 Å². The van der Waals surface area contributed by atoms with Crippen LogP contribution in [-0.4, -0.2) is 64.8 Å². The molecule has 0 radical (unpaired) electrons. The van der Waals surface area contributed by atoms with Gasteiger partial charge in [0.25, 0.3) is 0 Å². The van der Waals surface area contributed by atoms with Gasteiger partial charge < -0.3 is 19.8 Å². The topological polar surface area (TPSA) is 70.0 Å². The monoisotopic (exact) mass is 435 g/mol. The van der Waals surface area contributed by atoms with Crippen LogP contribution in [0.4, 0.5) is 8.78 Å². The van der Waals surface area contributed by atoms with Crippen molar-refractivity contribution < 1.29 is 28.5 Å². The lowest BCUT2D eigenvalue weighted by Gasteiger charge is -2.37. The second-order valence-corrected chi connectivity index (χ2v) is 9.06. The second-order valence-electron chi connectivity index (χ2n) is 9.06. The smallest absolute Gasteiger partial charge is 0.343 e. The number of nitrogens with zero attached hydrogens (tertiary/aromatic N) is 1. The van der Waals surface area contributed by atoms with Crippen molar-refractivity contribution in [1.82, 2.24) is 4.90 Å². The molecule has 3 rings (SSSR count). The molecule has 7 heteroatoms. The molecule has 1 aliphatic carbocycles. The van der Waals surface area contributed by atoms with Gasteiger partial charge in [0.1, 0.15) is 5.67 Å². The van der Waals surface area contributed by atoms with E-state index in [1.54, 1.807) is 44.2 Å². The van der Waals surface area contributed by atoms with Gasteiger partial charge >= 0.3 is 5.97 Å². The minimum Gasteiger partial charge on any atom is -0.479 e. The maximum Gasteiger partial charge on any atom is 0.343 e. The number of piperidine rings is 1. The van der Waals surface area contributed by atoms with Gasteiger partial charge in [-0.15, -0.1) is 0 Å². The summed E-state index contributed by atoms with van der Waals surface area (Å²) in [4.78, 5) is 14.0. The Balaban J connectivity index is 1.64. The number of hydrogen-bond donors (Lipinski definition) is 2. The van der Waals surface area contributed by atoms with E-state index in [0.29, 0.717) is 36.3 Å². The maximum atomic E-state index is 15.1. The van der Waals surface area contributed by atoms with E-state index in [1.165, 1.54) is 12.2 Å². The number of hydrogen-bond acceptors (Lipinski definition) is 4. The zero-order valence-electron chi connectivity index (χ0n) is 18.1. The molecule has 2 N–H and O–H groups in total. The summed E-state index contributed by atoms with van der Waals surface area (Å²) in [5.74, 6) is -1.27. The first-order valence-corrected chi connectivity index (χ1v) is 10.7. The largest absolute Gasteiger partial charge is 0.479 e. The molecule has 0 bridgehead atoms. The molecule has 2 unspecified atom stereocenters. The number of alkyl halides is 2. The lowest BCUT2D eigenvalue weighted by atomic mass is 9.87. The van der Waals surface area contributed by atoms with Crippen LogP contribution in [0.1, 0.15) is 37.8 Å². The fraction of sp³-hybridized carbons (Fsp3) is 0.542. The van der Waals surface area contributed by atoms with Crippen molar-refractivity contribution in [1.29, 1.82) is 0 Å². The molecule has 2 atom stereocenters. The molecule has 0 saturated carbocycles. The van der Waals surface area contributed by atoms with E-state index in [-0.39, 0.29) is 19.1 Å². The fourth-order valence-electron chi connectivity index (χ4n) is 4.16. The Kier molecular flexibility index (Phi) is 7.29. The lowest BCUT2D eigenvalue weighted by Crippen LogP contribution is -2.50. The number of benzene rings is 1. The van der Waals surface area contributed by atoms with Crippen molar-refractivity contribution in [3.05, 3.63) is 53.6 Å². The summed E-state index contributed by atoms with van der Waals surface area (Å²) in [6.07, 6.45) is 3.75. The summed E-state index contributed by atoms with van der Waals surface area (Å²) in [5.41, 5.74) is -1.38. The van der Waals surface area contributed by atoms with Crippen molar-refractivity contribution in [3.63, 3.8) is 0 Å². The molecule has 170 valence electrons. The van der Waals surface area contributed by atoms with E-state index in [0.717, 1.165) is 12.8 Å². The number of ether oxygens (including phenoxy) is 1. The lowest BCUT2D eigenvalue weighted by molar-refractivity contribution is -0.167. The predicted molar refractivity (Wildman–Crippen MR) is 115 cm³/mol. The highest BCUT2D eigenvalue weighted by Crippen LogP contribution is 2.34. The summed E-state index contributed by atoms with van der Waals surface area (Å²) in [6.45, 7) is 4.89. The van der Waals surface area contributed by atoms with E-state index in [1.807, 2.05) is 0 Å². The molecule has 1 aromatic carbocycles. The number of carboxylic acid groups (broad SMARTS) is 1. The van der Waals surface area contributed by atoms with Gasteiger partial charge in [-0.2, -0.15) is 0 Å². The zero-order valence-corrected chi connectivity index (χ0v) is 18.1. The third kappa shape index (κ3) is 5.79. The SMILES string of the molecule is CC(C)(F)CN1CCC(COC2(C(=O)O)C=CC(c3cccc(CO)c3)=CC2F)CC1. The average Bonchev–Trinajstić information content (AvgIpc) is 2.72. The number of aliphatic hydroxyl groups is 1. The summed E-state index contributed by atoms with van der Waals surface area (Å²) < 4.78 is 34.7. The standard InChI is InChI=1S/C24H31F2NO4/c1-23(2,26)16-27-10-7-17(8-11-27)15-31-24(22(29)30)9-6-20(13-21(24)25)19-5-3-4-18(12-19)14-28/h3-6,9,12-13,17,21,28H,7-8,10-11,14-16H2,1-2H3,(H,29,30). The first kappa shape index (κ1) is 23.6. The fourth-order valence-corrected chi connectivity index (χ4v) is 4.16. The van der Waals surface area contributed by atoms with Crippen LogP contribution in [0.5, 0.6) is 0 Å². The molecule has 2 aliphatic rings. The highest BCUT2D eigenvalue weighted by atomic mass is 19.1. The van der Waals surface area contributed by atoms with E-state index >= 15 is 4.39 Å². The van der Waals surface area contributed by atoms with Crippen LogP contribution in [0.2, 0.25) is 0 Å². The summed E-state index contributed by atoms with van der Waals surface area (Å²) in [5, 5.41) is 19.1. The molecule has 31 heavy (non-hydrogen) atoms. The highest BCUT2D eigenvalue weighted by molar-refractivity contribution is 5.87. The van der Waals surface area contributed by atoms with Gasteiger partial charge in [0.2, 0.25) is 5.60 Å². The number of likely N-dealkylation sites (tertiary alicyclic amines) is 1. The van der Waals surface area contributed by atoms with Crippen LogP contribution < -0.4 is 0 Å². The quantitative estimate of drug-likeness (QED) is 0.651. The number of allylic oxidation sites excluding steroid dienone is 2. The van der Waals surface area contributed by atoms with E-state index in [9.17, 15) is 19.4 Å².